The highest BCUT2D eigenvalue weighted by Gasteiger charge is 2.40. The second kappa shape index (κ2) is 10.5. The number of hydrogen-bond donors (Lipinski definition) is 1. The standard InChI is InChI=1S/C27H37N3O4S/c31-26(28-21-27(12-4-1-5-13-27)29-16-18-34-19-17-29)23-10-14-30(15-11-23)35(32,33)25-9-8-22-6-2-3-7-24(22)20-25/h2-3,6-9,20,23H,1,4-5,10-19,21H2,(H,28,31). The molecule has 35 heavy (non-hydrogen) atoms. The van der Waals surface area contributed by atoms with E-state index in [2.05, 4.69) is 10.2 Å². The van der Waals surface area contributed by atoms with Gasteiger partial charge >= 0.3 is 0 Å². The van der Waals surface area contributed by atoms with E-state index in [0.29, 0.717) is 37.4 Å². The van der Waals surface area contributed by atoms with E-state index in [-0.39, 0.29) is 17.4 Å². The number of nitrogens with zero attached hydrogens (tertiary/aromatic N) is 2. The summed E-state index contributed by atoms with van der Waals surface area (Å²) in [6.45, 7) is 4.83. The van der Waals surface area contributed by atoms with Crippen LogP contribution in [0.1, 0.15) is 44.9 Å². The fraction of sp³-hybridized carbons (Fsp3) is 0.593. The SMILES string of the molecule is O=C(NCC1(N2CCOCC2)CCCCC1)C1CCN(S(=O)(=O)c2ccc3ccccc3c2)CC1. The molecule has 3 aliphatic rings. The summed E-state index contributed by atoms with van der Waals surface area (Å²) >= 11 is 0. The topological polar surface area (TPSA) is 79.0 Å². The van der Waals surface area contributed by atoms with Gasteiger partial charge in [-0.1, -0.05) is 49.6 Å². The summed E-state index contributed by atoms with van der Waals surface area (Å²) < 4.78 is 33.6. The van der Waals surface area contributed by atoms with Gasteiger partial charge in [0.25, 0.3) is 0 Å². The van der Waals surface area contributed by atoms with Gasteiger partial charge in [0.15, 0.2) is 0 Å². The van der Waals surface area contributed by atoms with Crippen molar-refractivity contribution in [3.63, 3.8) is 0 Å². The molecule has 2 aromatic rings. The molecule has 0 unspecified atom stereocenters. The summed E-state index contributed by atoms with van der Waals surface area (Å²) in [4.78, 5) is 16.0. The molecule has 1 amide bonds. The van der Waals surface area contributed by atoms with E-state index in [1.54, 1.807) is 12.1 Å². The van der Waals surface area contributed by atoms with E-state index in [1.807, 2.05) is 30.3 Å². The quantitative estimate of drug-likeness (QED) is 0.659. The van der Waals surface area contributed by atoms with Crippen LogP contribution in [0, 0.1) is 5.92 Å². The van der Waals surface area contributed by atoms with E-state index < -0.39 is 10.0 Å². The maximum absolute atomic E-state index is 13.3. The Hall–Kier alpha value is -2.00. The van der Waals surface area contributed by atoms with Crippen LogP contribution in [0.3, 0.4) is 0 Å². The summed E-state index contributed by atoms with van der Waals surface area (Å²) in [5.74, 6) is -0.0608. The Kier molecular flexibility index (Phi) is 7.44. The molecule has 3 fully saturated rings. The maximum Gasteiger partial charge on any atom is 0.243 e. The van der Waals surface area contributed by atoms with Gasteiger partial charge in [-0.15, -0.1) is 0 Å². The number of morpholine rings is 1. The monoisotopic (exact) mass is 499 g/mol. The van der Waals surface area contributed by atoms with Gasteiger partial charge in [-0.25, -0.2) is 8.42 Å². The minimum absolute atomic E-state index is 0.0395. The lowest BCUT2D eigenvalue weighted by molar-refractivity contribution is -0.127. The van der Waals surface area contributed by atoms with Gasteiger partial charge in [-0.05, 0) is 48.6 Å². The first-order valence-corrected chi connectivity index (χ1v) is 14.5. The largest absolute Gasteiger partial charge is 0.379 e. The van der Waals surface area contributed by atoms with E-state index in [0.717, 1.165) is 49.9 Å². The van der Waals surface area contributed by atoms with Gasteiger partial charge < -0.3 is 10.1 Å². The number of hydrogen-bond acceptors (Lipinski definition) is 5. The Morgan fingerprint density at radius 2 is 1.63 bits per heavy atom. The van der Waals surface area contributed by atoms with E-state index in [4.69, 9.17) is 4.74 Å². The van der Waals surface area contributed by atoms with Gasteiger partial charge in [-0.3, -0.25) is 9.69 Å². The highest BCUT2D eigenvalue weighted by atomic mass is 32.2. The summed E-state index contributed by atoms with van der Waals surface area (Å²) in [5, 5.41) is 5.22. The molecule has 0 bridgehead atoms. The lowest BCUT2D eigenvalue weighted by atomic mass is 9.79. The molecule has 0 radical (unpaired) electrons. The molecule has 8 heteroatoms. The third-order valence-electron chi connectivity index (χ3n) is 8.24. The summed E-state index contributed by atoms with van der Waals surface area (Å²) in [6.07, 6.45) is 7.04. The molecule has 0 spiro atoms. The van der Waals surface area contributed by atoms with Crippen LogP contribution in [0.2, 0.25) is 0 Å². The van der Waals surface area contributed by atoms with Crippen molar-refractivity contribution in [2.75, 3.05) is 45.9 Å². The number of nitrogens with one attached hydrogen (secondary N) is 1. The van der Waals surface area contributed by atoms with Crippen molar-refractivity contribution >= 4 is 26.7 Å². The third kappa shape index (κ3) is 5.26. The van der Waals surface area contributed by atoms with E-state index in [1.165, 1.54) is 23.6 Å². The smallest absolute Gasteiger partial charge is 0.243 e. The number of fused-ring (bicyclic) bond motifs is 1. The summed E-state index contributed by atoms with van der Waals surface area (Å²) in [5.41, 5.74) is 0.0395. The number of sulfonamides is 1. The van der Waals surface area contributed by atoms with Crippen molar-refractivity contribution in [3.05, 3.63) is 42.5 Å². The maximum atomic E-state index is 13.3. The molecule has 2 aromatic carbocycles. The van der Waals surface area contributed by atoms with E-state index >= 15 is 0 Å². The van der Waals surface area contributed by atoms with Crippen molar-refractivity contribution in [1.82, 2.24) is 14.5 Å². The fourth-order valence-corrected chi connectivity index (χ4v) is 7.59. The Bertz CT molecular complexity index is 1130. The zero-order chi connectivity index (χ0) is 24.3. The van der Waals surface area contributed by atoms with Crippen molar-refractivity contribution in [1.29, 1.82) is 0 Å². The number of ether oxygens (including phenoxy) is 1. The second-order valence-electron chi connectivity index (χ2n) is 10.3. The van der Waals surface area contributed by atoms with Crippen LogP contribution in [0.15, 0.2) is 47.4 Å². The highest BCUT2D eigenvalue weighted by Crippen LogP contribution is 2.34. The number of benzene rings is 2. The number of amides is 1. The van der Waals surface area contributed by atoms with Crippen LogP contribution in [0.4, 0.5) is 0 Å². The Balaban J connectivity index is 1.19. The van der Waals surface area contributed by atoms with Crippen LogP contribution in [-0.4, -0.2) is 75.0 Å². The van der Waals surface area contributed by atoms with Crippen LogP contribution < -0.4 is 5.32 Å². The summed E-state index contributed by atoms with van der Waals surface area (Å²) in [6, 6.07) is 13.1. The van der Waals surface area contributed by atoms with Crippen LogP contribution >= 0.6 is 0 Å². The van der Waals surface area contributed by atoms with Crippen LogP contribution in [-0.2, 0) is 19.6 Å². The molecular formula is C27H37N3O4S. The molecule has 0 atom stereocenters. The average molecular weight is 500 g/mol. The molecule has 0 aromatic heterocycles. The first kappa shape index (κ1) is 24.7. The molecule has 7 nitrogen and oxygen atoms in total. The molecule has 1 saturated carbocycles. The Morgan fingerprint density at radius 3 is 2.34 bits per heavy atom. The molecule has 1 aliphatic carbocycles. The predicted molar refractivity (Wildman–Crippen MR) is 137 cm³/mol. The van der Waals surface area contributed by atoms with Crippen molar-refractivity contribution < 1.29 is 17.9 Å². The van der Waals surface area contributed by atoms with Gasteiger partial charge in [0.2, 0.25) is 15.9 Å². The van der Waals surface area contributed by atoms with E-state index in [9.17, 15) is 13.2 Å². The zero-order valence-corrected chi connectivity index (χ0v) is 21.3. The zero-order valence-electron chi connectivity index (χ0n) is 20.5. The molecule has 5 rings (SSSR count). The fourth-order valence-electron chi connectivity index (χ4n) is 6.08. The molecule has 2 heterocycles. The first-order valence-electron chi connectivity index (χ1n) is 13.1. The minimum atomic E-state index is -3.57. The average Bonchev–Trinajstić information content (AvgIpc) is 2.92. The summed E-state index contributed by atoms with van der Waals surface area (Å²) in [7, 11) is -3.57. The van der Waals surface area contributed by atoms with Crippen molar-refractivity contribution in [2.24, 2.45) is 5.92 Å². The van der Waals surface area contributed by atoms with Crippen LogP contribution in [0.25, 0.3) is 10.8 Å². The Morgan fingerprint density at radius 1 is 0.943 bits per heavy atom. The normalized spacial score (nSPS) is 22.7. The highest BCUT2D eigenvalue weighted by molar-refractivity contribution is 7.89. The lowest BCUT2D eigenvalue weighted by Gasteiger charge is -2.48. The van der Waals surface area contributed by atoms with Crippen molar-refractivity contribution in [3.8, 4) is 0 Å². The van der Waals surface area contributed by atoms with Crippen LogP contribution in [0.5, 0.6) is 0 Å². The number of piperidine rings is 1. The molecule has 2 saturated heterocycles. The first-order chi connectivity index (χ1) is 17.0. The van der Waals surface area contributed by atoms with Gasteiger partial charge in [0.1, 0.15) is 0 Å². The number of carbonyl (C=O) groups is 1. The molecule has 190 valence electrons. The van der Waals surface area contributed by atoms with Gasteiger partial charge in [0.05, 0.1) is 18.1 Å². The number of rotatable bonds is 6. The second-order valence-corrected chi connectivity index (χ2v) is 12.2. The van der Waals surface area contributed by atoms with Crippen molar-refractivity contribution in [2.45, 2.75) is 55.4 Å². The minimum Gasteiger partial charge on any atom is -0.379 e. The molecule has 1 N–H and O–H groups in total. The van der Waals surface area contributed by atoms with Gasteiger partial charge in [-0.2, -0.15) is 4.31 Å². The number of carbonyl (C=O) groups excluding carboxylic acids is 1. The lowest BCUT2D eigenvalue weighted by Crippen LogP contribution is -2.60. The Labute approximate surface area is 208 Å². The van der Waals surface area contributed by atoms with Gasteiger partial charge in [0, 0.05) is 44.2 Å². The predicted octanol–water partition coefficient (Wildman–Crippen LogP) is 3.39. The molecular weight excluding hydrogens is 462 g/mol. The third-order valence-corrected chi connectivity index (χ3v) is 10.1. The molecule has 2 aliphatic heterocycles.